The topological polar surface area (TPSA) is 80.7 Å². The van der Waals surface area contributed by atoms with Crippen LogP contribution in [0.1, 0.15) is 51.0 Å². The number of rotatable bonds is 10. The van der Waals surface area contributed by atoms with E-state index in [1.807, 2.05) is 13.0 Å². The minimum absolute atomic E-state index is 0.241. The molecular weight excluding hydrogens is 296 g/mol. The van der Waals surface area contributed by atoms with Gasteiger partial charge in [0.15, 0.2) is 18.7 Å². The molecule has 1 aromatic carbocycles. The van der Waals surface area contributed by atoms with Crippen LogP contribution in [0, 0.1) is 0 Å². The second-order valence-electron chi connectivity index (χ2n) is 5.54. The molecule has 1 rings (SSSR count). The van der Waals surface area contributed by atoms with Crippen molar-refractivity contribution in [3.05, 3.63) is 35.9 Å². The molecule has 2 unspecified atom stereocenters. The maximum Gasteiger partial charge on any atom is 0.336 e. The average Bonchev–Trinajstić information content (AvgIpc) is 2.59. The van der Waals surface area contributed by atoms with Crippen molar-refractivity contribution < 1.29 is 24.2 Å². The fourth-order valence-electron chi connectivity index (χ4n) is 2.57. The number of carbonyl (C=O) groups excluding carboxylic acids is 3. The molecule has 23 heavy (non-hydrogen) atoms. The second kappa shape index (κ2) is 9.20. The Balaban J connectivity index is 3.03. The molecule has 0 amide bonds. The third-order valence-corrected chi connectivity index (χ3v) is 3.90. The fourth-order valence-corrected chi connectivity index (χ4v) is 2.57. The van der Waals surface area contributed by atoms with Crippen LogP contribution in [0.4, 0.5) is 0 Å². The Morgan fingerprint density at radius 2 is 1.83 bits per heavy atom. The van der Waals surface area contributed by atoms with Crippen molar-refractivity contribution >= 4 is 18.5 Å². The molecule has 0 radical (unpaired) electrons. The average molecular weight is 320 g/mol. The van der Waals surface area contributed by atoms with Gasteiger partial charge >= 0.3 is 5.97 Å². The molecule has 0 saturated heterocycles. The number of aliphatic hydroxyl groups excluding tert-OH is 1. The number of unbranched alkanes of at least 4 members (excludes halogenated alkanes) is 1. The highest BCUT2D eigenvalue weighted by Crippen LogP contribution is 2.32. The number of hydrogen-bond acceptors (Lipinski definition) is 5. The van der Waals surface area contributed by atoms with Crippen LogP contribution >= 0.6 is 0 Å². The summed E-state index contributed by atoms with van der Waals surface area (Å²) >= 11 is 0. The number of benzene rings is 1. The van der Waals surface area contributed by atoms with E-state index < -0.39 is 23.6 Å². The van der Waals surface area contributed by atoms with Gasteiger partial charge in [0.2, 0.25) is 5.60 Å². The Bertz CT molecular complexity index is 503. The summed E-state index contributed by atoms with van der Waals surface area (Å²) in [5, 5.41) is 9.82. The van der Waals surface area contributed by atoms with Gasteiger partial charge in [-0.3, -0.25) is 9.59 Å². The minimum Gasteiger partial charge on any atom is -0.441 e. The third-order valence-electron chi connectivity index (χ3n) is 3.90. The molecule has 0 heterocycles. The lowest BCUT2D eigenvalue weighted by Gasteiger charge is -2.31. The van der Waals surface area contributed by atoms with Crippen LogP contribution in [0.15, 0.2) is 30.3 Å². The summed E-state index contributed by atoms with van der Waals surface area (Å²) in [6, 6.07) is 8.95. The first-order chi connectivity index (χ1) is 11.0. The van der Waals surface area contributed by atoms with E-state index in [1.165, 1.54) is 0 Å². The summed E-state index contributed by atoms with van der Waals surface area (Å²) in [4.78, 5) is 35.3. The lowest BCUT2D eigenvalue weighted by Crippen LogP contribution is -2.46. The summed E-state index contributed by atoms with van der Waals surface area (Å²) in [7, 11) is 0. The fraction of sp³-hybridized carbons (Fsp3) is 0.500. The number of ether oxygens (including phenoxy) is 1. The van der Waals surface area contributed by atoms with Crippen LogP contribution < -0.4 is 0 Å². The summed E-state index contributed by atoms with van der Waals surface area (Å²) in [6.45, 7) is 3.74. The maximum absolute atomic E-state index is 12.0. The largest absolute Gasteiger partial charge is 0.441 e. The van der Waals surface area contributed by atoms with E-state index in [1.54, 1.807) is 31.2 Å². The zero-order valence-electron chi connectivity index (χ0n) is 13.6. The minimum atomic E-state index is -1.92. The summed E-state index contributed by atoms with van der Waals surface area (Å²) < 4.78 is 5.18. The van der Waals surface area contributed by atoms with Gasteiger partial charge in [0.25, 0.3) is 0 Å². The Kier molecular flexibility index (Phi) is 7.62. The first kappa shape index (κ1) is 19.0. The van der Waals surface area contributed by atoms with Crippen LogP contribution in [0.2, 0.25) is 0 Å². The van der Waals surface area contributed by atoms with Gasteiger partial charge in [-0.15, -0.1) is 0 Å². The molecule has 0 aliphatic rings. The highest BCUT2D eigenvalue weighted by molar-refractivity contribution is 5.93. The zero-order chi connectivity index (χ0) is 17.3. The van der Waals surface area contributed by atoms with Crippen molar-refractivity contribution in [3.63, 3.8) is 0 Å². The molecule has 126 valence electrons. The quantitative estimate of drug-likeness (QED) is 0.407. The summed E-state index contributed by atoms with van der Waals surface area (Å²) in [6.07, 6.45) is 1.52. The summed E-state index contributed by atoms with van der Waals surface area (Å²) in [5.74, 6) is -1.53. The van der Waals surface area contributed by atoms with Gasteiger partial charge in [0.1, 0.15) is 0 Å². The van der Waals surface area contributed by atoms with Crippen molar-refractivity contribution in [2.24, 2.45) is 0 Å². The molecule has 0 saturated carbocycles. The Hall–Kier alpha value is -2.01. The second-order valence-corrected chi connectivity index (χ2v) is 5.54. The highest BCUT2D eigenvalue weighted by Gasteiger charge is 2.43. The van der Waals surface area contributed by atoms with Crippen molar-refractivity contribution in [2.75, 3.05) is 0 Å². The standard InChI is InChI=1S/C18H24O5/c1-3-5-11-16(21)17(22)23-18(12-19,13-20)15(4-2)14-9-7-6-8-10-14/h6-10,12-13,15-16,21H,3-5,11H2,1-2H3. The van der Waals surface area contributed by atoms with Crippen LogP contribution in [-0.2, 0) is 19.1 Å². The van der Waals surface area contributed by atoms with Crippen molar-refractivity contribution in [2.45, 2.75) is 57.2 Å². The monoisotopic (exact) mass is 320 g/mol. The summed E-state index contributed by atoms with van der Waals surface area (Å²) in [5.41, 5.74) is -1.19. The van der Waals surface area contributed by atoms with Crippen LogP contribution in [0.3, 0.4) is 0 Å². The van der Waals surface area contributed by atoms with E-state index in [9.17, 15) is 19.5 Å². The number of hydrogen-bond donors (Lipinski definition) is 1. The normalized spacial score (nSPS) is 13.9. The molecule has 1 N–H and O–H groups in total. The Morgan fingerprint density at radius 1 is 1.22 bits per heavy atom. The molecule has 5 nitrogen and oxygen atoms in total. The van der Waals surface area contributed by atoms with E-state index in [4.69, 9.17) is 4.74 Å². The lowest BCUT2D eigenvalue weighted by molar-refractivity contribution is -0.175. The van der Waals surface area contributed by atoms with Crippen molar-refractivity contribution in [1.82, 2.24) is 0 Å². The number of aldehydes is 2. The van der Waals surface area contributed by atoms with E-state index in [-0.39, 0.29) is 6.42 Å². The lowest BCUT2D eigenvalue weighted by atomic mass is 9.81. The van der Waals surface area contributed by atoms with E-state index in [0.717, 1.165) is 12.0 Å². The van der Waals surface area contributed by atoms with Gasteiger partial charge in [-0.25, -0.2) is 4.79 Å². The van der Waals surface area contributed by atoms with E-state index >= 15 is 0 Å². The maximum atomic E-state index is 12.0. The van der Waals surface area contributed by atoms with Gasteiger partial charge in [-0.1, -0.05) is 57.0 Å². The predicted molar refractivity (Wildman–Crippen MR) is 86.0 cm³/mol. The van der Waals surface area contributed by atoms with Crippen LogP contribution in [0.5, 0.6) is 0 Å². The molecule has 0 fully saturated rings. The molecule has 0 bridgehead atoms. The smallest absolute Gasteiger partial charge is 0.336 e. The molecular formula is C18H24O5. The molecule has 0 aromatic heterocycles. The van der Waals surface area contributed by atoms with Gasteiger partial charge in [-0.05, 0) is 18.4 Å². The molecule has 2 atom stereocenters. The van der Waals surface area contributed by atoms with Crippen molar-refractivity contribution in [3.8, 4) is 0 Å². The number of carbonyl (C=O) groups is 3. The van der Waals surface area contributed by atoms with Crippen LogP contribution in [-0.4, -0.2) is 35.4 Å². The van der Waals surface area contributed by atoms with Gasteiger partial charge in [0, 0.05) is 5.92 Å². The van der Waals surface area contributed by atoms with Gasteiger partial charge < -0.3 is 9.84 Å². The molecule has 0 aliphatic heterocycles. The molecule has 1 aromatic rings. The first-order valence-corrected chi connectivity index (χ1v) is 7.93. The third kappa shape index (κ3) is 4.73. The number of esters is 1. The molecule has 5 heteroatoms. The van der Waals surface area contributed by atoms with Crippen LogP contribution in [0.25, 0.3) is 0 Å². The molecule has 0 spiro atoms. The predicted octanol–water partition coefficient (Wildman–Crippen LogP) is 2.41. The highest BCUT2D eigenvalue weighted by atomic mass is 16.6. The van der Waals surface area contributed by atoms with Crippen molar-refractivity contribution in [1.29, 1.82) is 0 Å². The van der Waals surface area contributed by atoms with Gasteiger partial charge in [0.05, 0.1) is 0 Å². The van der Waals surface area contributed by atoms with E-state index in [0.29, 0.717) is 25.4 Å². The molecule has 0 aliphatic carbocycles. The Morgan fingerprint density at radius 3 is 2.30 bits per heavy atom. The number of aliphatic hydroxyl groups is 1. The first-order valence-electron chi connectivity index (χ1n) is 7.93. The van der Waals surface area contributed by atoms with Gasteiger partial charge in [-0.2, -0.15) is 0 Å². The van der Waals surface area contributed by atoms with E-state index in [2.05, 4.69) is 0 Å². The zero-order valence-corrected chi connectivity index (χ0v) is 13.6. The SMILES string of the molecule is CCCCC(O)C(=O)OC(C=O)(C=O)C(CC)c1ccccc1. The Labute approximate surface area is 136 Å².